The molecule has 0 spiro atoms. The third-order valence-corrected chi connectivity index (χ3v) is 5.34. The summed E-state index contributed by atoms with van der Waals surface area (Å²) in [5, 5.41) is 0. The summed E-state index contributed by atoms with van der Waals surface area (Å²) in [6, 6.07) is -0.0341. The summed E-state index contributed by atoms with van der Waals surface area (Å²) in [5.41, 5.74) is 0. The topological polar surface area (TPSA) is 63.7 Å². The summed E-state index contributed by atoms with van der Waals surface area (Å²) in [5.74, 6) is 0.365. The summed E-state index contributed by atoms with van der Waals surface area (Å²) in [7, 11) is -0.400. The highest BCUT2D eigenvalue weighted by molar-refractivity contribution is 7.98. The van der Waals surface area contributed by atoms with Gasteiger partial charge in [-0.1, -0.05) is 0 Å². The van der Waals surface area contributed by atoms with Gasteiger partial charge in [-0.2, -0.15) is 11.8 Å². The highest BCUT2D eigenvalue weighted by atomic mass is 32.2. The van der Waals surface area contributed by atoms with Crippen LogP contribution in [0.3, 0.4) is 0 Å². The molecule has 0 saturated carbocycles. The SMILES string of the molecule is COC(=O)CCCS(=O)(=O)N(C)C(C)CSC. The van der Waals surface area contributed by atoms with E-state index in [1.54, 1.807) is 18.8 Å². The zero-order valence-electron chi connectivity index (χ0n) is 10.8. The molecule has 0 heterocycles. The zero-order chi connectivity index (χ0) is 13.5. The summed E-state index contributed by atoms with van der Waals surface area (Å²) >= 11 is 1.61. The number of carbonyl (C=O) groups is 1. The Balaban J connectivity index is 4.23. The summed E-state index contributed by atoms with van der Waals surface area (Å²) in [6.07, 6.45) is 2.38. The first kappa shape index (κ1) is 16.7. The Morgan fingerprint density at radius 2 is 2.06 bits per heavy atom. The number of methoxy groups -OCH3 is 1. The number of thioether (sulfide) groups is 1. The second-order valence-electron chi connectivity index (χ2n) is 3.82. The first-order valence-corrected chi connectivity index (χ1v) is 8.37. The van der Waals surface area contributed by atoms with Crippen molar-refractivity contribution in [3.05, 3.63) is 0 Å². The Morgan fingerprint density at radius 1 is 1.47 bits per heavy atom. The fraction of sp³-hybridized carbons (Fsp3) is 0.900. The summed E-state index contributed by atoms with van der Waals surface area (Å²) in [6.45, 7) is 1.87. The Hall–Kier alpha value is -0.270. The smallest absolute Gasteiger partial charge is 0.305 e. The van der Waals surface area contributed by atoms with Crippen molar-refractivity contribution in [3.63, 3.8) is 0 Å². The minimum atomic E-state index is -3.27. The minimum absolute atomic E-state index is 0.0165. The van der Waals surface area contributed by atoms with E-state index < -0.39 is 10.0 Å². The fourth-order valence-electron chi connectivity index (χ4n) is 1.27. The number of esters is 1. The van der Waals surface area contributed by atoms with Crippen molar-refractivity contribution in [2.45, 2.75) is 25.8 Å². The Labute approximate surface area is 108 Å². The molecule has 0 aliphatic carbocycles. The molecule has 1 unspecified atom stereocenters. The van der Waals surface area contributed by atoms with Gasteiger partial charge in [0.2, 0.25) is 10.0 Å². The molecule has 0 aromatic carbocycles. The van der Waals surface area contributed by atoms with Crippen molar-refractivity contribution in [3.8, 4) is 0 Å². The maximum atomic E-state index is 11.9. The van der Waals surface area contributed by atoms with Crippen LogP contribution in [0.5, 0.6) is 0 Å². The predicted octanol–water partition coefficient (Wildman–Crippen LogP) is 0.953. The molecule has 0 fully saturated rings. The average Bonchev–Trinajstić information content (AvgIpc) is 2.27. The largest absolute Gasteiger partial charge is 0.469 e. The molecule has 102 valence electrons. The molecule has 5 nitrogen and oxygen atoms in total. The molecule has 0 radical (unpaired) electrons. The number of carbonyl (C=O) groups excluding carboxylic acids is 1. The van der Waals surface area contributed by atoms with Crippen molar-refractivity contribution in [2.24, 2.45) is 0 Å². The highest BCUT2D eigenvalue weighted by Gasteiger charge is 2.22. The van der Waals surface area contributed by atoms with Gasteiger partial charge in [0, 0.05) is 25.3 Å². The van der Waals surface area contributed by atoms with Crippen molar-refractivity contribution in [1.82, 2.24) is 4.31 Å². The third-order valence-electron chi connectivity index (χ3n) is 2.48. The first-order chi connectivity index (χ1) is 7.85. The van der Waals surface area contributed by atoms with Crippen molar-refractivity contribution >= 4 is 27.8 Å². The fourth-order valence-corrected chi connectivity index (χ4v) is 3.49. The second-order valence-corrected chi connectivity index (χ2v) is 6.87. The van der Waals surface area contributed by atoms with Crippen LogP contribution in [0.4, 0.5) is 0 Å². The van der Waals surface area contributed by atoms with Crippen LogP contribution in [0.2, 0.25) is 0 Å². The van der Waals surface area contributed by atoms with Gasteiger partial charge < -0.3 is 4.74 Å². The van der Waals surface area contributed by atoms with E-state index in [0.717, 1.165) is 5.75 Å². The van der Waals surface area contributed by atoms with E-state index >= 15 is 0 Å². The van der Waals surface area contributed by atoms with Crippen molar-refractivity contribution in [2.75, 3.05) is 31.9 Å². The molecule has 17 heavy (non-hydrogen) atoms. The van der Waals surface area contributed by atoms with Crippen LogP contribution in [0, 0.1) is 0 Å². The van der Waals surface area contributed by atoms with Crippen LogP contribution in [-0.2, 0) is 19.6 Å². The molecule has 1 atom stereocenters. The van der Waals surface area contributed by atoms with Crippen LogP contribution >= 0.6 is 11.8 Å². The molecule has 0 saturated heterocycles. The first-order valence-electron chi connectivity index (χ1n) is 5.36. The monoisotopic (exact) mass is 283 g/mol. The summed E-state index contributed by atoms with van der Waals surface area (Å²) < 4.78 is 29.6. The number of rotatable bonds is 8. The molecule has 0 aliphatic rings. The standard InChI is InChI=1S/C10H21NO4S2/c1-9(8-16-4)11(2)17(13,14)7-5-6-10(12)15-3/h9H,5-8H2,1-4H3. The van der Waals surface area contributed by atoms with Gasteiger partial charge in [0.05, 0.1) is 12.9 Å². The number of hydrogen-bond acceptors (Lipinski definition) is 5. The van der Waals surface area contributed by atoms with E-state index in [4.69, 9.17) is 0 Å². The molecule has 0 rings (SSSR count). The lowest BCUT2D eigenvalue weighted by Gasteiger charge is -2.23. The Morgan fingerprint density at radius 3 is 2.53 bits per heavy atom. The van der Waals surface area contributed by atoms with Gasteiger partial charge in [0.1, 0.15) is 0 Å². The van der Waals surface area contributed by atoms with Gasteiger partial charge in [-0.05, 0) is 19.6 Å². The lowest BCUT2D eigenvalue weighted by atomic mass is 10.3. The molecule has 0 bridgehead atoms. The third kappa shape index (κ3) is 6.28. The Kier molecular flexibility index (Phi) is 7.82. The molecule has 7 heteroatoms. The maximum Gasteiger partial charge on any atom is 0.305 e. The highest BCUT2D eigenvalue weighted by Crippen LogP contribution is 2.10. The predicted molar refractivity (Wildman–Crippen MR) is 70.6 cm³/mol. The molecular weight excluding hydrogens is 262 g/mol. The van der Waals surface area contributed by atoms with Gasteiger partial charge in [0.15, 0.2) is 0 Å². The van der Waals surface area contributed by atoms with Gasteiger partial charge in [-0.3, -0.25) is 4.79 Å². The number of nitrogens with zero attached hydrogens (tertiary/aromatic N) is 1. The van der Waals surface area contributed by atoms with E-state index in [1.165, 1.54) is 11.4 Å². The van der Waals surface area contributed by atoms with Crippen LogP contribution in [0.15, 0.2) is 0 Å². The lowest BCUT2D eigenvalue weighted by Crippen LogP contribution is -2.38. The van der Waals surface area contributed by atoms with Crippen LogP contribution < -0.4 is 0 Å². The van der Waals surface area contributed by atoms with E-state index in [0.29, 0.717) is 6.42 Å². The molecule has 0 N–H and O–H groups in total. The maximum absolute atomic E-state index is 11.9. The lowest BCUT2D eigenvalue weighted by molar-refractivity contribution is -0.140. The molecule has 0 amide bonds. The van der Waals surface area contributed by atoms with Gasteiger partial charge >= 0.3 is 5.97 Å². The minimum Gasteiger partial charge on any atom is -0.469 e. The number of sulfonamides is 1. The molecule has 0 aliphatic heterocycles. The quantitative estimate of drug-likeness (QED) is 0.621. The van der Waals surface area contributed by atoms with E-state index in [9.17, 15) is 13.2 Å². The van der Waals surface area contributed by atoms with Crippen LogP contribution in [-0.4, -0.2) is 56.7 Å². The molecule has 0 aromatic heterocycles. The van der Waals surface area contributed by atoms with Gasteiger partial charge in [-0.25, -0.2) is 12.7 Å². The average molecular weight is 283 g/mol. The van der Waals surface area contributed by atoms with Crippen molar-refractivity contribution in [1.29, 1.82) is 0 Å². The van der Waals surface area contributed by atoms with Gasteiger partial charge in [0.25, 0.3) is 0 Å². The number of hydrogen-bond donors (Lipinski definition) is 0. The molecular formula is C10H21NO4S2. The Bertz CT molecular complexity index is 329. The number of ether oxygens (including phenoxy) is 1. The normalized spacial score (nSPS) is 13.7. The zero-order valence-corrected chi connectivity index (χ0v) is 12.4. The van der Waals surface area contributed by atoms with Gasteiger partial charge in [-0.15, -0.1) is 0 Å². The van der Waals surface area contributed by atoms with Crippen LogP contribution in [0.25, 0.3) is 0 Å². The summed E-state index contributed by atoms with van der Waals surface area (Å²) in [4.78, 5) is 10.9. The second kappa shape index (κ2) is 7.94. The van der Waals surface area contributed by atoms with E-state index in [2.05, 4.69) is 4.74 Å². The van der Waals surface area contributed by atoms with E-state index in [-0.39, 0.29) is 24.2 Å². The van der Waals surface area contributed by atoms with E-state index in [1.807, 2.05) is 13.2 Å². The van der Waals surface area contributed by atoms with Crippen molar-refractivity contribution < 1.29 is 17.9 Å². The van der Waals surface area contributed by atoms with Crippen LogP contribution in [0.1, 0.15) is 19.8 Å². The molecule has 0 aromatic rings.